The van der Waals surface area contributed by atoms with Gasteiger partial charge < -0.3 is 11.1 Å². The third-order valence-electron chi connectivity index (χ3n) is 3.72. The van der Waals surface area contributed by atoms with Crippen LogP contribution in [-0.4, -0.2) is 27.8 Å². The van der Waals surface area contributed by atoms with Gasteiger partial charge in [-0.2, -0.15) is 13.2 Å². The Morgan fingerprint density at radius 1 is 1.04 bits per heavy atom. The van der Waals surface area contributed by atoms with Gasteiger partial charge in [0, 0.05) is 10.6 Å². The number of carbonyl (C=O) groups excluding carboxylic acids is 2. The zero-order valence-corrected chi connectivity index (χ0v) is 14.8. The molecule has 144 valence electrons. The van der Waals surface area contributed by atoms with Gasteiger partial charge in [0.25, 0.3) is 5.91 Å². The van der Waals surface area contributed by atoms with Crippen LogP contribution in [0.15, 0.2) is 59.5 Å². The molecule has 9 heteroatoms. The lowest BCUT2D eigenvalue weighted by atomic mass is 10.1. The Morgan fingerprint density at radius 3 is 2.22 bits per heavy atom. The Hall–Kier alpha value is -2.68. The lowest BCUT2D eigenvalue weighted by Crippen LogP contribution is -2.45. The predicted molar refractivity (Wildman–Crippen MR) is 94.2 cm³/mol. The molecule has 0 spiro atoms. The molecule has 0 saturated heterocycles. The topological polar surface area (TPSA) is 89.3 Å². The van der Waals surface area contributed by atoms with E-state index < -0.39 is 46.0 Å². The van der Waals surface area contributed by atoms with Crippen LogP contribution < -0.4 is 11.1 Å². The van der Waals surface area contributed by atoms with Crippen LogP contribution in [0.5, 0.6) is 0 Å². The van der Waals surface area contributed by atoms with Crippen LogP contribution in [0.2, 0.25) is 0 Å². The highest BCUT2D eigenvalue weighted by molar-refractivity contribution is 7.85. The van der Waals surface area contributed by atoms with Crippen LogP contribution in [0.3, 0.4) is 0 Å². The number of rotatable bonds is 7. The fourth-order valence-corrected chi connectivity index (χ4v) is 3.51. The van der Waals surface area contributed by atoms with E-state index >= 15 is 0 Å². The molecule has 0 aliphatic heterocycles. The first kappa shape index (κ1) is 20.6. The van der Waals surface area contributed by atoms with Gasteiger partial charge in [-0.1, -0.05) is 30.3 Å². The molecule has 0 bridgehead atoms. The highest BCUT2D eigenvalue weighted by Crippen LogP contribution is 2.31. The van der Waals surface area contributed by atoms with E-state index in [1.807, 2.05) is 0 Å². The van der Waals surface area contributed by atoms with Crippen molar-refractivity contribution in [3.05, 3.63) is 65.7 Å². The maximum absolute atomic E-state index is 13.0. The minimum absolute atomic E-state index is 0.0127. The Labute approximate surface area is 156 Å². The smallest absolute Gasteiger partial charge is 0.368 e. The van der Waals surface area contributed by atoms with Crippen LogP contribution in [-0.2, 0) is 21.8 Å². The van der Waals surface area contributed by atoms with E-state index in [0.29, 0.717) is 4.90 Å². The molecule has 0 heterocycles. The number of hydrogen-bond acceptors (Lipinski definition) is 3. The van der Waals surface area contributed by atoms with Crippen LogP contribution in [0.4, 0.5) is 13.2 Å². The Balaban J connectivity index is 2.10. The van der Waals surface area contributed by atoms with Crippen LogP contribution in [0.1, 0.15) is 22.3 Å². The first-order valence-electron chi connectivity index (χ1n) is 7.90. The molecule has 2 atom stereocenters. The van der Waals surface area contributed by atoms with Crippen molar-refractivity contribution in [1.82, 2.24) is 5.32 Å². The summed E-state index contributed by atoms with van der Waals surface area (Å²) < 4.78 is 51.3. The van der Waals surface area contributed by atoms with Crippen molar-refractivity contribution in [2.45, 2.75) is 23.5 Å². The van der Waals surface area contributed by atoms with Crippen LogP contribution in [0, 0.1) is 0 Å². The predicted octanol–water partition coefficient (Wildman–Crippen LogP) is 2.49. The molecular weight excluding hydrogens is 381 g/mol. The zero-order chi connectivity index (χ0) is 20.0. The minimum Gasteiger partial charge on any atom is -0.368 e. The Kier molecular flexibility index (Phi) is 6.73. The van der Waals surface area contributed by atoms with E-state index in [0.717, 1.165) is 18.2 Å². The molecule has 2 amide bonds. The molecule has 5 nitrogen and oxygen atoms in total. The molecule has 27 heavy (non-hydrogen) atoms. The number of halogens is 3. The number of benzene rings is 2. The highest BCUT2D eigenvalue weighted by Gasteiger charge is 2.35. The summed E-state index contributed by atoms with van der Waals surface area (Å²) in [6.45, 7) is 0. The third kappa shape index (κ3) is 5.65. The van der Waals surface area contributed by atoms with Crippen molar-refractivity contribution in [1.29, 1.82) is 0 Å². The molecule has 2 aromatic carbocycles. The standard InChI is InChI=1S/C18H17F3N2O3S/c19-18(20,21)14-9-5-4-8-13(14)17(25)23-15(16(22)24)10-11-27(26)12-6-2-1-3-7-12/h1-9,15H,10-11H2,(H2,22,24)(H,23,25)/t15-,27+/m1/s1. The first-order chi connectivity index (χ1) is 12.7. The van der Waals surface area contributed by atoms with Gasteiger partial charge in [0.15, 0.2) is 0 Å². The van der Waals surface area contributed by atoms with Crippen molar-refractivity contribution in [2.75, 3.05) is 5.75 Å². The average Bonchev–Trinajstić information content (AvgIpc) is 2.64. The van der Waals surface area contributed by atoms with Gasteiger partial charge in [-0.25, -0.2) is 0 Å². The number of nitrogens with two attached hydrogens (primary N) is 1. The lowest BCUT2D eigenvalue weighted by Gasteiger charge is -2.17. The molecule has 0 saturated carbocycles. The van der Waals surface area contributed by atoms with Gasteiger partial charge in [0.2, 0.25) is 5.91 Å². The second-order valence-electron chi connectivity index (χ2n) is 5.62. The fourth-order valence-electron chi connectivity index (χ4n) is 2.36. The normalized spacial score (nSPS) is 13.6. The quantitative estimate of drug-likeness (QED) is 0.751. The molecule has 0 fully saturated rings. The summed E-state index contributed by atoms with van der Waals surface area (Å²) in [5.74, 6) is -1.98. The van der Waals surface area contributed by atoms with Gasteiger partial charge in [-0.15, -0.1) is 0 Å². The van der Waals surface area contributed by atoms with Crippen molar-refractivity contribution < 1.29 is 27.0 Å². The van der Waals surface area contributed by atoms with Crippen LogP contribution >= 0.6 is 0 Å². The molecule has 0 aliphatic carbocycles. The van der Waals surface area contributed by atoms with Crippen molar-refractivity contribution in [3.8, 4) is 0 Å². The van der Waals surface area contributed by atoms with Crippen molar-refractivity contribution in [3.63, 3.8) is 0 Å². The van der Waals surface area contributed by atoms with Gasteiger partial charge in [-0.05, 0) is 30.7 Å². The SMILES string of the molecule is NC(=O)[C@@H](CC[S@](=O)c1ccccc1)NC(=O)c1ccccc1C(F)(F)F. The molecule has 0 aliphatic rings. The summed E-state index contributed by atoms with van der Waals surface area (Å²) in [4.78, 5) is 24.4. The van der Waals surface area contributed by atoms with E-state index in [9.17, 15) is 27.0 Å². The van der Waals surface area contributed by atoms with Gasteiger partial charge in [0.05, 0.1) is 21.9 Å². The Bertz CT molecular complexity index is 841. The maximum atomic E-state index is 13.0. The first-order valence-corrected chi connectivity index (χ1v) is 9.22. The summed E-state index contributed by atoms with van der Waals surface area (Å²) in [6.07, 6.45) is -4.79. The van der Waals surface area contributed by atoms with Gasteiger partial charge in [-0.3, -0.25) is 13.8 Å². The second kappa shape index (κ2) is 8.81. The zero-order valence-electron chi connectivity index (χ0n) is 14.0. The fraction of sp³-hybridized carbons (Fsp3) is 0.222. The van der Waals surface area contributed by atoms with Crippen LogP contribution in [0.25, 0.3) is 0 Å². The van der Waals surface area contributed by atoms with E-state index in [1.165, 1.54) is 6.07 Å². The van der Waals surface area contributed by atoms with Crippen molar-refractivity contribution >= 4 is 22.6 Å². The second-order valence-corrected chi connectivity index (χ2v) is 7.19. The maximum Gasteiger partial charge on any atom is 0.417 e. The van der Waals surface area contributed by atoms with E-state index in [4.69, 9.17) is 5.73 Å². The molecule has 0 radical (unpaired) electrons. The summed E-state index contributed by atoms with van der Waals surface area (Å²) >= 11 is 0. The van der Waals surface area contributed by atoms with Crippen molar-refractivity contribution in [2.24, 2.45) is 5.73 Å². The summed E-state index contributed by atoms with van der Waals surface area (Å²) in [6, 6.07) is 11.4. The Morgan fingerprint density at radius 2 is 1.63 bits per heavy atom. The largest absolute Gasteiger partial charge is 0.417 e. The van der Waals surface area contributed by atoms with E-state index in [2.05, 4.69) is 5.32 Å². The highest BCUT2D eigenvalue weighted by atomic mass is 32.2. The lowest BCUT2D eigenvalue weighted by molar-refractivity contribution is -0.137. The summed E-state index contributed by atoms with van der Waals surface area (Å²) in [5.41, 5.74) is 3.51. The molecule has 0 unspecified atom stereocenters. The van der Waals surface area contributed by atoms with E-state index in [1.54, 1.807) is 30.3 Å². The summed E-state index contributed by atoms with van der Waals surface area (Å²) in [5, 5.41) is 2.20. The van der Waals surface area contributed by atoms with Gasteiger partial charge in [0.1, 0.15) is 6.04 Å². The molecular formula is C18H17F3N2O3S. The number of primary amides is 1. The minimum atomic E-state index is -4.72. The average molecular weight is 398 g/mol. The molecule has 2 aromatic rings. The molecule has 3 N–H and O–H groups in total. The van der Waals surface area contributed by atoms with Gasteiger partial charge >= 0.3 is 6.18 Å². The number of nitrogens with one attached hydrogen (secondary N) is 1. The number of hydrogen-bond donors (Lipinski definition) is 2. The molecule has 0 aromatic heterocycles. The summed E-state index contributed by atoms with van der Waals surface area (Å²) in [7, 11) is -1.44. The van der Waals surface area contributed by atoms with E-state index in [-0.39, 0.29) is 12.2 Å². The number of alkyl halides is 3. The molecule has 2 rings (SSSR count). The monoisotopic (exact) mass is 398 g/mol. The third-order valence-corrected chi connectivity index (χ3v) is 5.13. The number of carbonyl (C=O) groups is 2. The number of amides is 2.